The Labute approximate surface area is 406 Å². The molecule has 0 unspecified atom stereocenters. The monoisotopic (exact) mass is 869 g/mol. The summed E-state index contributed by atoms with van der Waals surface area (Å²) in [5.74, 6) is 0. The van der Waals surface area contributed by atoms with Crippen LogP contribution in [0.2, 0.25) is 0 Å². The number of hydrogen-bond acceptors (Lipinski definition) is 7. The first kappa shape index (κ1) is 58.5. The van der Waals surface area contributed by atoms with Crippen molar-refractivity contribution < 1.29 is 19.1 Å². The third kappa shape index (κ3) is 21.1. The maximum absolute atomic E-state index is 11.9. The highest BCUT2D eigenvalue weighted by Crippen LogP contribution is 2.18. The molecule has 0 bridgehead atoms. The molecule has 6 rings (SSSR count). The largest absolute Gasteiger partial charge is 0.443 e. The minimum absolute atomic E-state index is 0. The number of imidazole rings is 3. The molecule has 0 spiro atoms. The van der Waals surface area contributed by atoms with E-state index in [2.05, 4.69) is 104 Å². The molecule has 0 saturated carbocycles. The Kier molecular flexibility index (Phi) is 24.9. The van der Waals surface area contributed by atoms with E-state index in [1.807, 2.05) is 97.9 Å². The van der Waals surface area contributed by atoms with Gasteiger partial charge in [0.2, 0.25) is 0 Å². The Hall–Kier alpha value is -6.52. The van der Waals surface area contributed by atoms with Crippen LogP contribution in [-0.4, -0.2) is 131 Å². The lowest BCUT2D eigenvalue weighted by atomic mass is 8.56. The summed E-state index contributed by atoms with van der Waals surface area (Å²) in [7, 11) is 33.5. The lowest BCUT2D eigenvalue weighted by Gasteiger charge is -2.25. The predicted octanol–water partition coefficient (Wildman–Crippen LogP) is 6.77. The number of fused-ring (bicyclic) bond motifs is 3. The van der Waals surface area contributed by atoms with Crippen molar-refractivity contribution in [1.82, 2.24) is 29.1 Å². The van der Waals surface area contributed by atoms with E-state index in [9.17, 15) is 9.59 Å². The Morgan fingerprint density at radius 2 is 1.06 bits per heavy atom. The molecule has 0 amide bonds. The van der Waals surface area contributed by atoms with Crippen LogP contribution in [0.15, 0.2) is 138 Å². The summed E-state index contributed by atoms with van der Waals surface area (Å²) >= 11 is 0. The van der Waals surface area contributed by atoms with Crippen LogP contribution in [0.25, 0.3) is 33.1 Å². The number of carbonyl (C=O) groups is 2. The average Bonchev–Trinajstić information content (AvgIpc) is 3.98. The van der Waals surface area contributed by atoms with Gasteiger partial charge in [0.15, 0.2) is 0 Å². The Bertz CT molecular complexity index is 2880. The summed E-state index contributed by atoms with van der Waals surface area (Å²) in [5.41, 5.74) is 29.7. The summed E-state index contributed by atoms with van der Waals surface area (Å²) in [6, 6.07) is 17.7. The van der Waals surface area contributed by atoms with E-state index < -0.39 is 42.5 Å². The molecule has 0 saturated heterocycles. The van der Waals surface area contributed by atoms with Gasteiger partial charge in [-0.15, -0.1) is 0 Å². The fraction of sp³-hybridized carbons (Fsp3) is 0.261. The van der Waals surface area contributed by atoms with Gasteiger partial charge in [-0.1, -0.05) is 37.1 Å². The second-order valence-corrected chi connectivity index (χ2v) is 16.3. The van der Waals surface area contributed by atoms with Gasteiger partial charge in [-0.25, -0.2) is 33.7 Å². The van der Waals surface area contributed by atoms with Crippen molar-refractivity contribution in [3.63, 3.8) is 0 Å². The molecule has 319 valence electrons. The highest BCUT2D eigenvalue weighted by atomic mass is 16.6. The first-order chi connectivity index (χ1) is 31.0. The smallest absolute Gasteiger partial charge is 0.420 e. The van der Waals surface area contributed by atoms with E-state index in [1.165, 1.54) is 34.4 Å². The standard InChI is InChI=1S/2C13H16N2O2.C11H4.C8H8N2.CH4.B11/c1-9-5-6-11-10(7-9)14-8-15(11)12(16)17-13(2,3)4;1-9-5-6-10-11(7-9)15(8-14-10)12(16)17-13(2,3)4;1-3-5-7-9-11-10-8-6-4-2;1-6-2-3-7-8(4-6)10-5-9-7;;1-7-10(6)11(8(2)3)9(4)5/h2*5-8H,1-4H3;1-2H2;2-5H,1H3,(H,9,10);1H4;. The lowest BCUT2D eigenvalue weighted by Crippen LogP contribution is -2.63. The highest BCUT2D eigenvalue weighted by molar-refractivity contribution is 8.02. The number of nitrogens with zero attached hydrogens (tertiary/aromatic N) is 5. The molecule has 10 nitrogen and oxygen atoms in total. The number of carbonyl (C=O) groups excluding carboxylic acids is 2. The van der Waals surface area contributed by atoms with Gasteiger partial charge in [-0.3, -0.25) is 0 Å². The predicted molar refractivity (Wildman–Crippen MR) is 286 cm³/mol. The third-order valence-corrected chi connectivity index (χ3v) is 8.27. The lowest BCUT2D eigenvalue weighted by molar-refractivity contribution is 0.0532. The number of nitrogens with one attached hydrogen (secondary N) is 1. The summed E-state index contributed by atoms with van der Waals surface area (Å²) < 4.78 is 13.5. The second-order valence-electron chi connectivity index (χ2n) is 16.3. The Morgan fingerprint density at radius 3 is 1.52 bits per heavy atom. The van der Waals surface area contributed by atoms with Gasteiger partial charge < -0.3 is 14.5 Å². The third-order valence-electron chi connectivity index (χ3n) is 8.27. The van der Waals surface area contributed by atoms with Crippen molar-refractivity contribution >= 4 is 124 Å². The van der Waals surface area contributed by atoms with Gasteiger partial charge in [0.05, 0.1) is 39.4 Å². The molecular formula is C46H48B11N6O4. The summed E-state index contributed by atoms with van der Waals surface area (Å²) in [6.45, 7) is 23.6. The number of H-pyrrole nitrogens is 1. The SMILES string of the molecule is C.C=C=C=C=C=C=C=C=C=C=C.Cc1ccc2c(c1)ncn2C(=O)OC(C)(C)C.Cc1ccc2nc[nH]c2c1.Cc1ccc2ncn(C(=O)OC(C)(C)C)c2c1.[B][B]B([B])B(B([B])[B])B([B])[B]. The highest BCUT2D eigenvalue weighted by Gasteiger charge is 2.27. The molecule has 0 aliphatic carbocycles. The van der Waals surface area contributed by atoms with Crippen molar-refractivity contribution in [1.29, 1.82) is 0 Å². The molecule has 21 heteroatoms. The van der Waals surface area contributed by atoms with Crippen LogP contribution in [0, 0.1) is 20.8 Å². The first-order valence-corrected chi connectivity index (χ1v) is 20.4. The summed E-state index contributed by atoms with van der Waals surface area (Å²) in [6.07, 6.45) is 1.76. The van der Waals surface area contributed by atoms with Crippen molar-refractivity contribution in [2.24, 2.45) is 0 Å². The molecule has 3 aromatic carbocycles. The van der Waals surface area contributed by atoms with E-state index in [0.29, 0.717) is 0 Å². The average molecular weight is 868 g/mol. The van der Waals surface area contributed by atoms with Crippen LogP contribution in [-0.2, 0) is 9.47 Å². The fourth-order valence-electron chi connectivity index (χ4n) is 5.35. The molecule has 67 heavy (non-hydrogen) atoms. The number of aromatic nitrogens is 6. The van der Waals surface area contributed by atoms with E-state index in [0.717, 1.165) is 44.2 Å². The van der Waals surface area contributed by atoms with E-state index in [4.69, 9.17) is 55.9 Å². The number of ether oxygens (including phenoxy) is 2. The zero-order chi connectivity index (χ0) is 49.6. The van der Waals surface area contributed by atoms with Gasteiger partial charge in [-0.2, -0.15) is 0 Å². The molecule has 1 N–H and O–H groups in total. The van der Waals surface area contributed by atoms with Gasteiger partial charge in [0.1, 0.15) is 23.9 Å². The fourth-order valence-corrected chi connectivity index (χ4v) is 5.35. The Balaban J connectivity index is 0.000000425. The van der Waals surface area contributed by atoms with Gasteiger partial charge >= 0.3 is 12.2 Å². The van der Waals surface area contributed by atoms with Crippen LogP contribution >= 0.6 is 0 Å². The molecule has 13 radical (unpaired) electrons. The number of rotatable bonds is 4. The van der Waals surface area contributed by atoms with Gasteiger partial charge in [0, 0.05) is 79.0 Å². The number of benzene rings is 3. The maximum atomic E-state index is 11.9. The van der Waals surface area contributed by atoms with Crippen molar-refractivity contribution in [3.05, 3.63) is 155 Å². The van der Waals surface area contributed by atoms with Crippen molar-refractivity contribution in [2.45, 2.75) is 80.9 Å². The van der Waals surface area contributed by atoms with E-state index in [1.54, 1.807) is 6.33 Å². The topological polar surface area (TPSA) is 117 Å². The van der Waals surface area contributed by atoms with E-state index >= 15 is 0 Å². The minimum atomic E-state index is -0.648. The zero-order valence-electron chi connectivity index (χ0n) is 39.1. The van der Waals surface area contributed by atoms with Gasteiger partial charge in [-0.05, 0) is 169 Å². The van der Waals surface area contributed by atoms with Crippen molar-refractivity contribution in [2.75, 3.05) is 0 Å². The summed E-state index contributed by atoms with van der Waals surface area (Å²) in [5, 5.41) is 0. The van der Waals surface area contributed by atoms with Crippen molar-refractivity contribution in [3.8, 4) is 0 Å². The molecule has 0 atom stereocenters. The van der Waals surface area contributed by atoms with Crippen LogP contribution in [0.4, 0.5) is 9.59 Å². The normalized spacial score (nSPS) is 9.51. The zero-order valence-corrected chi connectivity index (χ0v) is 39.1. The molecule has 0 aliphatic rings. The minimum Gasteiger partial charge on any atom is -0.443 e. The van der Waals surface area contributed by atoms with Crippen LogP contribution in [0.1, 0.15) is 65.7 Å². The van der Waals surface area contributed by atoms with Crippen LogP contribution in [0.3, 0.4) is 0 Å². The summed E-state index contributed by atoms with van der Waals surface area (Å²) in [4.78, 5) is 39.4. The second kappa shape index (κ2) is 28.5. The number of aryl methyl sites for hydroxylation is 3. The molecule has 6 aromatic rings. The first-order valence-electron chi connectivity index (χ1n) is 20.4. The van der Waals surface area contributed by atoms with Gasteiger partial charge in [0.25, 0.3) is 0 Å². The molecule has 3 heterocycles. The number of hydrogen-bond donors (Lipinski definition) is 1. The maximum Gasteiger partial charge on any atom is 0.420 e. The van der Waals surface area contributed by atoms with Crippen LogP contribution in [0.5, 0.6) is 0 Å². The molecular weight excluding hydrogens is 819 g/mol. The number of aromatic amines is 1. The molecule has 0 fully saturated rings. The Morgan fingerprint density at radius 1 is 0.627 bits per heavy atom. The van der Waals surface area contributed by atoms with E-state index in [-0.39, 0.29) is 13.8 Å². The quantitative estimate of drug-likeness (QED) is 0.154. The van der Waals surface area contributed by atoms with Crippen LogP contribution < -0.4 is 0 Å². The molecule has 3 aromatic heterocycles. The molecule has 0 aliphatic heterocycles.